The zero-order valence-corrected chi connectivity index (χ0v) is 13.9. The lowest BCUT2D eigenvalue weighted by atomic mass is 9.93. The summed E-state index contributed by atoms with van der Waals surface area (Å²) >= 11 is 15.9. The van der Waals surface area contributed by atoms with Crippen molar-refractivity contribution >= 4 is 39.1 Å². The molecule has 0 saturated carbocycles. The van der Waals surface area contributed by atoms with Crippen LogP contribution in [0.15, 0.2) is 46.9 Å². The SMILES string of the molecule is OCC(Cc1ccccc1Br)Cc1c(Cl)cccc1Cl. The van der Waals surface area contributed by atoms with Gasteiger partial charge in [-0.25, -0.2) is 0 Å². The van der Waals surface area contributed by atoms with Gasteiger partial charge in [-0.05, 0) is 48.1 Å². The molecule has 0 aliphatic heterocycles. The Labute approximate surface area is 137 Å². The van der Waals surface area contributed by atoms with Crippen LogP contribution in [0.1, 0.15) is 11.1 Å². The molecular weight excluding hydrogens is 359 g/mol. The second-order valence-corrected chi connectivity index (χ2v) is 6.42. The fourth-order valence-corrected chi connectivity index (χ4v) is 3.19. The van der Waals surface area contributed by atoms with E-state index in [9.17, 15) is 5.11 Å². The maximum Gasteiger partial charge on any atom is 0.0465 e. The summed E-state index contributed by atoms with van der Waals surface area (Å²) in [5, 5.41) is 10.9. The summed E-state index contributed by atoms with van der Waals surface area (Å²) in [7, 11) is 0. The number of benzene rings is 2. The third kappa shape index (κ3) is 3.98. The molecule has 0 heterocycles. The van der Waals surface area contributed by atoms with Crippen LogP contribution in [-0.4, -0.2) is 11.7 Å². The van der Waals surface area contributed by atoms with E-state index in [0.717, 1.165) is 16.5 Å². The fraction of sp³-hybridized carbons (Fsp3) is 0.250. The Bertz CT molecular complexity index is 566. The average molecular weight is 374 g/mol. The Hall–Kier alpha value is -0.540. The molecular formula is C16H15BrCl2O. The summed E-state index contributed by atoms with van der Waals surface area (Å²) in [4.78, 5) is 0. The zero-order chi connectivity index (χ0) is 14.5. The zero-order valence-electron chi connectivity index (χ0n) is 10.8. The molecule has 2 aromatic carbocycles. The van der Waals surface area contributed by atoms with Crippen molar-refractivity contribution in [3.05, 3.63) is 68.1 Å². The molecule has 0 aromatic heterocycles. The van der Waals surface area contributed by atoms with Crippen molar-refractivity contribution in [3.8, 4) is 0 Å². The van der Waals surface area contributed by atoms with Gasteiger partial charge in [0.05, 0.1) is 0 Å². The molecule has 0 fully saturated rings. The maximum atomic E-state index is 9.62. The van der Waals surface area contributed by atoms with Crippen molar-refractivity contribution in [2.24, 2.45) is 5.92 Å². The summed E-state index contributed by atoms with van der Waals surface area (Å²) in [6.07, 6.45) is 1.44. The summed E-state index contributed by atoms with van der Waals surface area (Å²) < 4.78 is 1.06. The minimum Gasteiger partial charge on any atom is -0.396 e. The molecule has 0 bridgehead atoms. The molecule has 1 N–H and O–H groups in total. The monoisotopic (exact) mass is 372 g/mol. The summed E-state index contributed by atoms with van der Waals surface area (Å²) in [5.41, 5.74) is 2.08. The minimum absolute atomic E-state index is 0.0890. The van der Waals surface area contributed by atoms with Crippen molar-refractivity contribution in [1.29, 1.82) is 0 Å². The van der Waals surface area contributed by atoms with Gasteiger partial charge in [0.2, 0.25) is 0 Å². The molecule has 2 rings (SSSR count). The van der Waals surface area contributed by atoms with Crippen LogP contribution in [0.4, 0.5) is 0 Å². The lowest BCUT2D eigenvalue weighted by Gasteiger charge is -2.17. The van der Waals surface area contributed by atoms with Gasteiger partial charge in [0.15, 0.2) is 0 Å². The second-order valence-electron chi connectivity index (χ2n) is 4.75. The minimum atomic E-state index is 0.0890. The largest absolute Gasteiger partial charge is 0.396 e. The van der Waals surface area contributed by atoms with Crippen LogP contribution in [0.25, 0.3) is 0 Å². The van der Waals surface area contributed by atoms with Crippen molar-refractivity contribution < 1.29 is 5.11 Å². The van der Waals surface area contributed by atoms with Crippen LogP contribution in [0.3, 0.4) is 0 Å². The number of aliphatic hydroxyl groups is 1. The Kier molecular flexibility index (Phi) is 5.91. The molecule has 20 heavy (non-hydrogen) atoms. The van der Waals surface area contributed by atoms with Crippen LogP contribution >= 0.6 is 39.1 Å². The Balaban J connectivity index is 2.16. The molecule has 106 valence electrons. The highest BCUT2D eigenvalue weighted by molar-refractivity contribution is 9.10. The summed E-state index contributed by atoms with van der Waals surface area (Å²) in [6.45, 7) is 0.100. The molecule has 0 spiro atoms. The van der Waals surface area contributed by atoms with E-state index in [2.05, 4.69) is 22.0 Å². The Morgan fingerprint density at radius 1 is 0.950 bits per heavy atom. The molecule has 0 aliphatic rings. The first-order valence-electron chi connectivity index (χ1n) is 6.39. The van der Waals surface area contributed by atoms with Gasteiger partial charge in [-0.2, -0.15) is 0 Å². The third-order valence-electron chi connectivity index (χ3n) is 3.28. The molecule has 4 heteroatoms. The average Bonchev–Trinajstić information content (AvgIpc) is 2.44. The molecule has 0 radical (unpaired) electrons. The highest BCUT2D eigenvalue weighted by Gasteiger charge is 2.15. The third-order valence-corrected chi connectivity index (χ3v) is 4.76. The molecule has 2 aromatic rings. The number of aliphatic hydroxyl groups excluding tert-OH is 1. The molecule has 0 aliphatic carbocycles. The van der Waals surface area contributed by atoms with Crippen LogP contribution in [-0.2, 0) is 12.8 Å². The fourth-order valence-electron chi connectivity index (χ4n) is 2.19. The van der Waals surface area contributed by atoms with Gasteiger partial charge in [-0.15, -0.1) is 0 Å². The van der Waals surface area contributed by atoms with Crippen LogP contribution in [0.2, 0.25) is 10.0 Å². The van der Waals surface area contributed by atoms with Crippen molar-refractivity contribution in [2.75, 3.05) is 6.61 Å². The van der Waals surface area contributed by atoms with Crippen LogP contribution in [0, 0.1) is 5.92 Å². The number of rotatable bonds is 5. The van der Waals surface area contributed by atoms with E-state index < -0.39 is 0 Å². The van der Waals surface area contributed by atoms with Crippen LogP contribution in [0.5, 0.6) is 0 Å². The van der Waals surface area contributed by atoms with Crippen molar-refractivity contribution in [2.45, 2.75) is 12.8 Å². The quantitative estimate of drug-likeness (QED) is 0.768. The van der Waals surface area contributed by atoms with E-state index in [1.807, 2.05) is 36.4 Å². The predicted molar refractivity (Wildman–Crippen MR) is 88.6 cm³/mol. The lowest BCUT2D eigenvalue weighted by Crippen LogP contribution is -2.14. The van der Waals surface area contributed by atoms with E-state index in [0.29, 0.717) is 16.5 Å². The summed E-state index contributed by atoms with van der Waals surface area (Å²) in [6, 6.07) is 13.5. The van der Waals surface area contributed by atoms with E-state index in [-0.39, 0.29) is 12.5 Å². The van der Waals surface area contributed by atoms with Crippen molar-refractivity contribution in [3.63, 3.8) is 0 Å². The van der Waals surface area contributed by atoms with Gasteiger partial charge in [0, 0.05) is 21.1 Å². The number of halogens is 3. The summed E-state index contributed by atoms with van der Waals surface area (Å²) in [5.74, 6) is 0.0890. The Morgan fingerprint density at radius 3 is 2.20 bits per heavy atom. The lowest BCUT2D eigenvalue weighted by molar-refractivity contribution is 0.225. The standard InChI is InChI=1S/C16H15BrCl2O/c17-14-5-2-1-4-12(14)8-11(10-20)9-13-15(18)6-3-7-16(13)19/h1-7,11,20H,8-10H2. The van der Waals surface area contributed by atoms with E-state index in [4.69, 9.17) is 23.2 Å². The smallest absolute Gasteiger partial charge is 0.0465 e. The van der Waals surface area contributed by atoms with Crippen molar-refractivity contribution in [1.82, 2.24) is 0 Å². The normalized spacial score (nSPS) is 12.4. The maximum absolute atomic E-state index is 9.62. The molecule has 0 saturated heterocycles. The second kappa shape index (κ2) is 7.46. The van der Waals surface area contributed by atoms with Crippen LogP contribution < -0.4 is 0 Å². The van der Waals surface area contributed by atoms with E-state index in [1.165, 1.54) is 5.56 Å². The first-order chi connectivity index (χ1) is 9.61. The van der Waals surface area contributed by atoms with Gasteiger partial charge in [0.25, 0.3) is 0 Å². The topological polar surface area (TPSA) is 20.2 Å². The molecule has 0 amide bonds. The highest BCUT2D eigenvalue weighted by Crippen LogP contribution is 2.29. The van der Waals surface area contributed by atoms with Gasteiger partial charge in [-0.3, -0.25) is 0 Å². The van der Waals surface area contributed by atoms with Gasteiger partial charge in [0.1, 0.15) is 0 Å². The first-order valence-corrected chi connectivity index (χ1v) is 7.94. The molecule has 1 nitrogen and oxygen atoms in total. The molecule has 1 unspecified atom stereocenters. The Morgan fingerprint density at radius 2 is 1.60 bits per heavy atom. The van der Waals surface area contributed by atoms with Gasteiger partial charge < -0.3 is 5.11 Å². The van der Waals surface area contributed by atoms with Gasteiger partial charge >= 0.3 is 0 Å². The number of hydrogen-bond donors (Lipinski definition) is 1. The van der Waals surface area contributed by atoms with E-state index in [1.54, 1.807) is 0 Å². The first kappa shape index (κ1) is 15.8. The van der Waals surface area contributed by atoms with Gasteiger partial charge in [-0.1, -0.05) is 63.4 Å². The predicted octanol–water partition coefficient (Wildman–Crippen LogP) is 5.15. The number of hydrogen-bond acceptors (Lipinski definition) is 1. The molecule has 1 atom stereocenters. The highest BCUT2D eigenvalue weighted by atomic mass is 79.9. The van der Waals surface area contributed by atoms with E-state index >= 15 is 0 Å².